The molecule has 0 atom stereocenters. The van der Waals surface area contributed by atoms with Gasteiger partial charge in [-0.15, -0.1) is 0 Å². The summed E-state index contributed by atoms with van der Waals surface area (Å²) in [5, 5.41) is 4.99. The molecule has 0 fully saturated rings. The number of urea groups is 1. The van der Waals surface area contributed by atoms with Gasteiger partial charge in [0.1, 0.15) is 5.69 Å². The van der Waals surface area contributed by atoms with Gasteiger partial charge in [-0.1, -0.05) is 0 Å². The first-order valence-electron chi connectivity index (χ1n) is 5.28. The summed E-state index contributed by atoms with van der Waals surface area (Å²) < 4.78 is 4.98. The summed E-state index contributed by atoms with van der Waals surface area (Å²) >= 11 is 0. The number of ether oxygens (including phenoxy) is 1. The molecule has 0 bridgehead atoms. The van der Waals surface area contributed by atoms with Gasteiger partial charge in [-0.25, -0.2) is 9.78 Å². The third-order valence-corrected chi connectivity index (χ3v) is 2.11. The number of pyridine rings is 1. The normalized spacial score (nSPS) is 9.50. The molecule has 1 heterocycles. The molecule has 0 saturated heterocycles. The number of nitrogens with zero attached hydrogens (tertiary/aromatic N) is 2. The molecular weight excluding hydrogens is 236 g/mol. The van der Waals surface area contributed by atoms with Gasteiger partial charge in [0, 0.05) is 20.3 Å². The van der Waals surface area contributed by atoms with Gasteiger partial charge in [-0.05, 0) is 12.1 Å². The third-order valence-electron chi connectivity index (χ3n) is 2.11. The molecule has 0 spiro atoms. The Balaban J connectivity index is 2.52. The summed E-state index contributed by atoms with van der Waals surface area (Å²) in [6.45, 7) is -0.0680. The van der Waals surface area contributed by atoms with E-state index < -0.39 is 6.03 Å². The zero-order valence-electron chi connectivity index (χ0n) is 10.6. The molecule has 0 radical (unpaired) electrons. The summed E-state index contributed by atoms with van der Waals surface area (Å²) in [7, 11) is 4.69. The fourth-order valence-corrected chi connectivity index (χ4v) is 1.13. The second-order valence-corrected chi connectivity index (χ2v) is 3.66. The number of anilines is 1. The van der Waals surface area contributed by atoms with Crippen LogP contribution >= 0.6 is 0 Å². The SMILES string of the molecule is COc1ncccc1NC(=O)NCC(=O)N(C)C. The number of methoxy groups -OCH3 is 1. The van der Waals surface area contributed by atoms with Crippen molar-refractivity contribution in [2.24, 2.45) is 0 Å². The number of rotatable bonds is 4. The highest BCUT2D eigenvalue weighted by atomic mass is 16.5. The Morgan fingerprint density at radius 3 is 2.78 bits per heavy atom. The van der Waals surface area contributed by atoms with E-state index in [9.17, 15) is 9.59 Å². The molecule has 0 aliphatic carbocycles. The predicted octanol–water partition coefficient (Wildman–Crippen LogP) is 0.300. The lowest BCUT2D eigenvalue weighted by Gasteiger charge is -2.12. The number of amides is 3. The van der Waals surface area contributed by atoms with Crippen molar-refractivity contribution in [3.05, 3.63) is 18.3 Å². The number of aromatic nitrogens is 1. The Kier molecular flexibility index (Phi) is 4.91. The van der Waals surface area contributed by atoms with Gasteiger partial charge < -0.3 is 20.3 Å². The predicted molar refractivity (Wildman–Crippen MR) is 66.5 cm³/mol. The maximum Gasteiger partial charge on any atom is 0.319 e. The van der Waals surface area contributed by atoms with E-state index in [1.165, 1.54) is 12.0 Å². The molecule has 1 aromatic rings. The van der Waals surface area contributed by atoms with Crippen LogP contribution in [0.15, 0.2) is 18.3 Å². The highest BCUT2D eigenvalue weighted by Gasteiger charge is 2.09. The van der Waals surface area contributed by atoms with E-state index >= 15 is 0 Å². The Morgan fingerprint density at radius 2 is 2.17 bits per heavy atom. The van der Waals surface area contributed by atoms with Gasteiger partial charge in [-0.2, -0.15) is 0 Å². The lowest BCUT2D eigenvalue weighted by atomic mass is 10.4. The topological polar surface area (TPSA) is 83.6 Å². The van der Waals surface area contributed by atoms with Gasteiger partial charge in [-0.3, -0.25) is 4.79 Å². The summed E-state index contributed by atoms with van der Waals surface area (Å²) in [5.74, 6) is 0.120. The van der Waals surface area contributed by atoms with Crippen molar-refractivity contribution in [1.29, 1.82) is 0 Å². The summed E-state index contributed by atoms with van der Waals surface area (Å²) in [6.07, 6.45) is 1.55. The van der Waals surface area contributed by atoms with Gasteiger partial charge in [0.05, 0.1) is 13.7 Å². The zero-order valence-corrected chi connectivity index (χ0v) is 10.6. The molecule has 2 N–H and O–H groups in total. The van der Waals surface area contributed by atoms with E-state index in [0.29, 0.717) is 11.6 Å². The molecule has 98 valence electrons. The number of hydrogen-bond acceptors (Lipinski definition) is 4. The van der Waals surface area contributed by atoms with E-state index in [0.717, 1.165) is 0 Å². The molecule has 0 aromatic carbocycles. The summed E-state index contributed by atoms with van der Waals surface area (Å²) in [5.41, 5.74) is 0.440. The second-order valence-electron chi connectivity index (χ2n) is 3.66. The Labute approximate surface area is 105 Å². The van der Waals surface area contributed by atoms with E-state index in [2.05, 4.69) is 15.6 Å². The van der Waals surface area contributed by atoms with Crippen LogP contribution in [0.3, 0.4) is 0 Å². The van der Waals surface area contributed by atoms with Gasteiger partial charge >= 0.3 is 6.03 Å². The molecule has 7 heteroatoms. The number of carbonyl (C=O) groups is 2. The van der Waals surface area contributed by atoms with Crippen LogP contribution in [-0.2, 0) is 4.79 Å². The Bertz CT molecular complexity index is 434. The lowest BCUT2D eigenvalue weighted by Crippen LogP contribution is -2.38. The quantitative estimate of drug-likeness (QED) is 0.807. The van der Waals surface area contributed by atoms with Crippen molar-refractivity contribution in [1.82, 2.24) is 15.2 Å². The molecule has 0 saturated carbocycles. The molecule has 18 heavy (non-hydrogen) atoms. The third kappa shape index (κ3) is 3.93. The first-order chi connectivity index (χ1) is 8.54. The van der Waals surface area contributed by atoms with Crippen molar-refractivity contribution < 1.29 is 14.3 Å². The minimum absolute atomic E-state index is 0.0680. The van der Waals surface area contributed by atoms with E-state index in [4.69, 9.17) is 4.74 Å². The minimum atomic E-state index is -0.489. The molecule has 7 nitrogen and oxygen atoms in total. The molecule has 3 amide bonds. The zero-order chi connectivity index (χ0) is 13.5. The van der Waals surface area contributed by atoms with Crippen LogP contribution in [0.5, 0.6) is 5.88 Å². The molecule has 0 unspecified atom stereocenters. The monoisotopic (exact) mass is 252 g/mol. The van der Waals surface area contributed by atoms with Gasteiger partial charge in [0.2, 0.25) is 11.8 Å². The van der Waals surface area contributed by atoms with Crippen LogP contribution in [-0.4, -0.2) is 49.6 Å². The van der Waals surface area contributed by atoms with Crippen molar-refractivity contribution >= 4 is 17.6 Å². The second kappa shape index (κ2) is 6.43. The first-order valence-corrected chi connectivity index (χ1v) is 5.28. The largest absolute Gasteiger partial charge is 0.480 e. The van der Waals surface area contributed by atoms with Crippen molar-refractivity contribution in [2.45, 2.75) is 0 Å². The molecule has 1 rings (SSSR count). The van der Waals surface area contributed by atoms with E-state index in [1.54, 1.807) is 32.4 Å². The fourth-order valence-electron chi connectivity index (χ4n) is 1.13. The molecular formula is C11H16N4O3. The number of hydrogen-bond donors (Lipinski definition) is 2. The Morgan fingerprint density at radius 1 is 1.44 bits per heavy atom. The molecule has 0 aliphatic heterocycles. The lowest BCUT2D eigenvalue weighted by molar-refractivity contribution is -0.127. The van der Waals surface area contributed by atoms with Crippen LogP contribution in [0.1, 0.15) is 0 Å². The van der Waals surface area contributed by atoms with Crippen molar-refractivity contribution in [3.63, 3.8) is 0 Å². The molecule has 0 aliphatic rings. The van der Waals surface area contributed by atoms with Crippen LogP contribution in [0.2, 0.25) is 0 Å². The number of nitrogens with one attached hydrogen (secondary N) is 2. The fraction of sp³-hybridized carbons (Fsp3) is 0.364. The summed E-state index contributed by atoms with van der Waals surface area (Å²) in [6, 6.07) is 2.83. The van der Waals surface area contributed by atoms with E-state index in [-0.39, 0.29) is 12.5 Å². The van der Waals surface area contributed by atoms with Crippen LogP contribution < -0.4 is 15.4 Å². The van der Waals surface area contributed by atoms with Crippen LogP contribution in [0.25, 0.3) is 0 Å². The van der Waals surface area contributed by atoms with Crippen molar-refractivity contribution in [2.75, 3.05) is 33.1 Å². The average molecular weight is 252 g/mol. The highest BCUT2D eigenvalue weighted by molar-refractivity contribution is 5.93. The standard InChI is InChI=1S/C11H16N4O3/c1-15(2)9(16)7-13-11(17)14-8-5-4-6-12-10(8)18-3/h4-6H,7H2,1-3H3,(H2,13,14,17). The maximum absolute atomic E-state index is 11.5. The number of likely N-dealkylation sites (N-methyl/N-ethyl adjacent to an activating group) is 1. The first kappa shape index (κ1) is 13.8. The average Bonchev–Trinajstić information content (AvgIpc) is 2.36. The summed E-state index contributed by atoms with van der Waals surface area (Å²) in [4.78, 5) is 28.1. The maximum atomic E-state index is 11.5. The van der Waals surface area contributed by atoms with E-state index in [1.807, 2.05) is 0 Å². The molecule has 1 aromatic heterocycles. The smallest absolute Gasteiger partial charge is 0.319 e. The van der Waals surface area contributed by atoms with Gasteiger partial charge in [0.25, 0.3) is 0 Å². The minimum Gasteiger partial charge on any atom is -0.480 e. The Hall–Kier alpha value is -2.31. The number of carbonyl (C=O) groups excluding carboxylic acids is 2. The van der Waals surface area contributed by atoms with Crippen LogP contribution in [0.4, 0.5) is 10.5 Å². The highest BCUT2D eigenvalue weighted by Crippen LogP contribution is 2.19. The van der Waals surface area contributed by atoms with Gasteiger partial charge in [0.15, 0.2) is 0 Å². The van der Waals surface area contributed by atoms with Crippen molar-refractivity contribution in [3.8, 4) is 5.88 Å². The van der Waals surface area contributed by atoms with Crippen LogP contribution in [0, 0.1) is 0 Å².